The molecular weight excluding hydrogens is 2100 g/mol. The van der Waals surface area contributed by atoms with Crippen molar-refractivity contribution in [3.8, 4) is 12.3 Å². The highest BCUT2D eigenvalue weighted by Crippen LogP contribution is 2.63. The molecule has 0 saturated carbocycles. The van der Waals surface area contributed by atoms with Gasteiger partial charge in [-0.15, -0.1) is 40.1 Å². The van der Waals surface area contributed by atoms with Gasteiger partial charge in [-0.3, -0.25) is 79.3 Å². The maximum absolute atomic E-state index is 16.0. The number of rotatable bonds is 6. The van der Waals surface area contributed by atoms with Gasteiger partial charge in [0.05, 0.1) is 92.5 Å². The maximum atomic E-state index is 16.0. The number of fused-ring (bicyclic) bond motifs is 15. The molecule has 20 N–H and O–H groups in total. The summed E-state index contributed by atoms with van der Waals surface area (Å²) in [6, 6.07) is 4.63. The van der Waals surface area contributed by atoms with Crippen molar-refractivity contribution in [2.45, 2.75) is 144 Å². The van der Waals surface area contributed by atoms with E-state index in [0.717, 1.165) is 32.9 Å². The summed E-state index contributed by atoms with van der Waals surface area (Å²) in [5.74, 6) is 1.71. The molecule has 728 valence electrons. The Balaban J connectivity index is 0.000000131. The molecule has 73 heteroatoms. The van der Waals surface area contributed by atoms with E-state index in [1.165, 1.54) is 69.7 Å². The number of H-pyrrole nitrogens is 3. The first kappa shape index (κ1) is 97.3. The van der Waals surface area contributed by atoms with Crippen LogP contribution in [-0.4, -0.2) is 279 Å². The molecule has 12 aromatic rings. The van der Waals surface area contributed by atoms with Crippen molar-refractivity contribution >= 4 is 237 Å². The summed E-state index contributed by atoms with van der Waals surface area (Å²) in [7, 11) is 0. The Morgan fingerprint density at radius 2 is 0.853 bits per heavy atom. The van der Waals surface area contributed by atoms with E-state index >= 15 is 22.0 Å². The van der Waals surface area contributed by atoms with Crippen molar-refractivity contribution in [3.05, 3.63) is 93.2 Å². The maximum Gasteiger partial charge on any atom is 0.386 e. The van der Waals surface area contributed by atoms with Gasteiger partial charge >= 0.3 is 40.4 Å². The lowest BCUT2D eigenvalue weighted by molar-refractivity contribution is -0.0891. The molecule has 54 nitrogen and oxygen atoms in total. The Morgan fingerprint density at radius 1 is 0.456 bits per heavy atom. The molecule has 0 spiro atoms. The van der Waals surface area contributed by atoms with Gasteiger partial charge in [0.1, 0.15) is 101 Å². The minimum absolute atomic E-state index is 0.0190. The molecule has 6 unspecified atom stereocenters. The second-order valence-electron chi connectivity index (χ2n) is 30.7. The second-order valence-corrected chi connectivity index (χ2v) is 50.2. The predicted octanol–water partition coefficient (Wildman–Crippen LogP) is 2.45. The third kappa shape index (κ3) is 18.8. The first-order valence-electron chi connectivity index (χ1n) is 39.2. The minimum Gasteiger partial charge on any atom is -0.397 e. The number of pyridine rings is 3. The monoisotopic (exact) mass is 2170 g/mol. The number of aromatic nitrogens is 23. The lowest BCUT2D eigenvalue weighted by Gasteiger charge is -2.32. The van der Waals surface area contributed by atoms with Gasteiger partial charge in [-0.1, -0.05) is 28.6 Å². The van der Waals surface area contributed by atoms with Crippen LogP contribution in [0.2, 0.25) is 0 Å². The average molecular weight is 2170 g/mol. The molecule has 0 amide bonds. The van der Waals surface area contributed by atoms with E-state index < -0.39 is 234 Å². The van der Waals surface area contributed by atoms with Crippen LogP contribution in [0.3, 0.4) is 0 Å². The summed E-state index contributed by atoms with van der Waals surface area (Å²) in [6.07, 6.45) is -13.1. The smallest absolute Gasteiger partial charge is 0.386 e. The minimum atomic E-state index is -4.39. The van der Waals surface area contributed by atoms with Crippen LogP contribution < -0.4 is 51.1 Å². The number of terminal acetylenes is 1. The van der Waals surface area contributed by atoms with E-state index in [4.69, 9.17) is 173 Å². The number of anilines is 6. The van der Waals surface area contributed by atoms with Gasteiger partial charge in [-0.2, -0.15) is 19.6 Å². The summed E-state index contributed by atoms with van der Waals surface area (Å²) in [5, 5.41) is 11.0. The fraction of sp³-hybridized carbons (Fsp3) is 0.476. The number of hydrogen-bond donors (Lipinski definition) is 15. The van der Waals surface area contributed by atoms with Gasteiger partial charge in [0.2, 0.25) is 17.8 Å². The number of nitrogens with one attached hydrogen (secondary N) is 3. The molecule has 0 aliphatic carbocycles. The van der Waals surface area contributed by atoms with E-state index in [1.54, 1.807) is 10.6 Å². The Hall–Kier alpha value is -7.53. The molecular formula is C63H68F5N29O25P6S8. The number of nitrogens with two attached hydrogens (primary N) is 6. The van der Waals surface area contributed by atoms with Crippen LogP contribution >= 0.6 is 76.2 Å². The van der Waals surface area contributed by atoms with Crippen LogP contribution in [0, 0.1) is 12.3 Å². The van der Waals surface area contributed by atoms with Crippen molar-refractivity contribution in [3.63, 3.8) is 0 Å². The number of thiol groups is 1. The van der Waals surface area contributed by atoms with E-state index in [-0.39, 0.29) is 69.1 Å². The number of thioether (sulfide) groups is 2. The molecule has 9 fully saturated rings. The number of halogens is 5. The second kappa shape index (κ2) is 37.1. The molecule has 29 atom stereocenters. The predicted molar refractivity (Wildman–Crippen MR) is 487 cm³/mol. The summed E-state index contributed by atoms with van der Waals surface area (Å²) in [5.41, 5.74) is 33.1. The van der Waals surface area contributed by atoms with E-state index in [1.807, 2.05) is 0 Å². The molecule has 136 heavy (non-hydrogen) atoms. The Bertz CT molecular complexity index is 7020. The van der Waals surface area contributed by atoms with Crippen molar-refractivity contribution < 1.29 is 124 Å². The number of nitrogen functional groups attached to an aromatic ring is 6. The standard InChI is InChI=1S/C22H23FN10O9P2S2.C21H23F2N9O8P2S3.C20H22F2N10O8P2S3/c1-2-22-7-38-44(36,46)42-16-13(23)10(39-20(16)33-18-15(30-31-33)19(34)29-21(25)28-18)6-37-43(35,45)41-11(22)5-12(40-22)32-8-27-14-9(24)3-4-26-17(14)32;22-10-9-4-37-42(35,44)39-14-8(38-19(11(14)23)31-5-27-12-7(24)1-2-26-16(12)31)3-36-41(34,43)40-15(10)20(45-9)32-6-28-13-17(32)29-21(25)30-18(13)33;21-9-8-4-37-42(35,44)39-13-7(38-18(10(13)22)31-5-26-11-6(23)1-2-25-15(11)31)3-36-41(34,43)40-14(9)19(45-8)32-16-12(29-30-32)17(33)28-20(24)27-16/h1,3-4,8,10-13,16,20H,5-7H2,(H2,24,26)(H,35,45)(H,36,46)(H3,25,28,29,34);1-2,5-6,8-11,14-15,19-20H,3-4H2,(H2,24,26)(H,34,43)(H,35,44)(H3,25,29,30,33);1-2,5,7-10,13-14,18-19H,3-4H2,(H2,23,25)(H,34,43)(H,35,44)(H3,24,27,28,33)/t10-,11+,12-,13+,16-,20-,22-,43?,44?;8-,9-,10-,11+,14-,15-,19-,20-,41?,42?;7-,8-,9-,10+,13-,14-,18-,19-,41?,42?/m111/s1. The molecule has 9 aliphatic heterocycles. The zero-order valence-electron chi connectivity index (χ0n) is 67.7. The van der Waals surface area contributed by atoms with Gasteiger partial charge in [-0.25, -0.2) is 66.1 Å². The van der Waals surface area contributed by atoms with Crippen molar-refractivity contribution in [1.82, 2.24) is 113 Å². The van der Waals surface area contributed by atoms with Crippen molar-refractivity contribution in [2.24, 2.45) is 0 Å². The van der Waals surface area contributed by atoms with Gasteiger partial charge in [0.15, 0.2) is 93.2 Å². The SMILES string of the molecule is C#C[C@@]12COP(O)(=S)O[C@@H]3[C@@H](F)[C@@H](COP(=O)(S)O[C@H]1C[C@H](n1cnc4c(N)ccnc41)O2)O[C@H]3n1nnc2c(=O)[nH]c(N)nc21.Nc1nc2c(ncn2[C@@H]2S[C@@H]3COP(O)(=S)O[C@H]4[C@H](F)[C@H](n5cnc6c(N)ccnc65)O[C@@H]4COP(O)(=S)O[C@@H]2[C@@H]3F)c(=O)[nH]1.Nc1nc2c(nnn2[C@@H]2S[C@@H]3COP(O)(=S)O[C@H]4[C@H](F)[C@H](n5cnc6c(N)ccnc65)O[C@@H]4COP(O)(=S)O[C@@H]2[C@@H]3F)c(=O)[nH]1. The summed E-state index contributed by atoms with van der Waals surface area (Å²) < 4.78 is 192. The Labute approximate surface area is 792 Å². The fourth-order valence-electron chi connectivity index (χ4n) is 15.9. The number of aromatic amines is 3. The molecule has 0 radical (unpaired) electrons. The van der Waals surface area contributed by atoms with Crippen LogP contribution in [0.5, 0.6) is 0 Å². The zero-order chi connectivity index (χ0) is 96.3. The third-order valence-corrected chi connectivity index (χ3v) is 34.5. The highest BCUT2D eigenvalue weighted by Gasteiger charge is 2.60. The first-order chi connectivity index (χ1) is 64.4. The topological polar surface area (TPSA) is 731 Å². The fourth-order valence-corrected chi connectivity index (χ4v) is 27.8. The van der Waals surface area contributed by atoms with Gasteiger partial charge in [-0.05, 0) is 77.2 Å². The lowest BCUT2D eigenvalue weighted by atomic mass is 9.99. The van der Waals surface area contributed by atoms with Crippen LogP contribution in [-0.2, 0) is 137 Å². The van der Waals surface area contributed by atoms with Crippen LogP contribution in [0.1, 0.15) is 42.1 Å². The zero-order valence-corrected chi connectivity index (χ0v) is 79.7. The normalized spacial score (nSPS) is 37.4. The van der Waals surface area contributed by atoms with E-state index in [0.29, 0.717) is 39.3 Å². The number of alkyl halides is 5. The number of hydrogen-bond acceptors (Lipinski definition) is 47. The Kier molecular flexibility index (Phi) is 26.5. The number of imidazole rings is 4. The van der Waals surface area contributed by atoms with Gasteiger partial charge < -0.3 is 100 Å². The number of nitrogens with zero attached hydrogens (tertiary/aromatic N) is 20. The summed E-state index contributed by atoms with van der Waals surface area (Å²) in [4.78, 5) is 141. The van der Waals surface area contributed by atoms with Crippen molar-refractivity contribution in [1.29, 1.82) is 0 Å². The van der Waals surface area contributed by atoms with E-state index in [2.05, 4.69) is 104 Å². The molecule has 9 aliphatic rings. The third-order valence-electron chi connectivity index (χ3n) is 22.1. The van der Waals surface area contributed by atoms with Crippen LogP contribution in [0.25, 0.3) is 67.0 Å². The van der Waals surface area contributed by atoms with Crippen LogP contribution in [0.4, 0.5) is 56.9 Å². The molecule has 0 aromatic carbocycles. The summed E-state index contributed by atoms with van der Waals surface area (Å²) in [6.45, 7) is -29.4. The first-order valence-corrected chi connectivity index (χ1v) is 56.7. The van der Waals surface area contributed by atoms with Gasteiger partial charge in [0.25, 0.3) is 16.7 Å². The molecule has 21 rings (SSSR count). The van der Waals surface area contributed by atoms with Gasteiger partial charge in [0, 0.05) is 25.0 Å². The highest BCUT2D eigenvalue weighted by atomic mass is 32.7. The van der Waals surface area contributed by atoms with Crippen LogP contribution in [0.15, 0.2) is 76.5 Å². The average Bonchev–Trinajstić information content (AvgIpc) is 1.60. The Morgan fingerprint density at radius 3 is 1.36 bits per heavy atom. The lowest BCUT2D eigenvalue weighted by Crippen LogP contribution is -2.43. The quantitative estimate of drug-likeness (QED) is 0.0492. The molecule has 9 saturated heterocycles. The largest absolute Gasteiger partial charge is 0.397 e. The van der Waals surface area contributed by atoms with Crippen molar-refractivity contribution in [2.75, 3.05) is 74.0 Å². The molecule has 21 heterocycles. The highest BCUT2D eigenvalue weighted by molar-refractivity contribution is 8.44. The van der Waals surface area contributed by atoms with E-state index in [9.17, 15) is 43.4 Å². The number of ether oxygens (including phenoxy) is 4. The molecule has 12 aromatic heterocycles. The molecule has 6 bridgehead atoms. The summed E-state index contributed by atoms with van der Waals surface area (Å²) >= 11 is 31.9.